The summed E-state index contributed by atoms with van der Waals surface area (Å²) in [6.07, 6.45) is 1.91. The molecular weight excluding hydrogens is 230 g/mol. The first-order valence-electron chi connectivity index (χ1n) is 4.99. The van der Waals surface area contributed by atoms with E-state index in [1.807, 2.05) is 6.92 Å². The molecule has 6 nitrogen and oxygen atoms in total. The van der Waals surface area contributed by atoms with E-state index in [9.17, 15) is 8.42 Å². The second-order valence-electron chi connectivity index (χ2n) is 4.20. The van der Waals surface area contributed by atoms with Gasteiger partial charge in [0.15, 0.2) is 5.03 Å². The van der Waals surface area contributed by atoms with Gasteiger partial charge in [0.25, 0.3) is 10.0 Å². The number of nitrogens with one attached hydrogen (secondary N) is 2. The molecule has 0 bridgehead atoms. The summed E-state index contributed by atoms with van der Waals surface area (Å²) in [4.78, 5) is 6.63. The fourth-order valence-corrected chi connectivity index (χ4v) is 2.46. The van der Waals surface area contributed by atoms with Gasteiger partial charge < -0.3 is 10.1 Å². The number of aryl methyl sites for hydroxylation is 1. The molecule has 1 heterocycles. The molecule has 0 aliphatic heterocycles. The van der Waals surface area contributed by atoms with Crippen LogP contribution in [0.4, 0.5) is 0 Å². The van der Waals surface area contributed by atoms with Gasteiger partial charge >= 0.3 is 0 Å². The second-order valence-corrected chi connectivity index (χ2v) is 5.85. The molecule has 0 saturated heterocycles. The monoisotopic (exact) mass is 247 g/mol. The van der Waals surface area contributed by atoms with Crippen LogP contribution in [0, 0.1) is 0 Å². The zero-order valence-corrected chi connectivity index (χ0v) is 10.4. The molecule has 0 aliphatic rings. The van der Waals surface area contributed by atoms with Crippen LogP contribution in [0.3, 0.4) is 0 Å². The molecule has 1 aromatic heterocycles. The molecule has 1 aromatic rings. The van der Waals surface area contributed by atoms with E-state index in [1.54, 1.807) is 13.8 Å². The lowest BCUT2D eigenvalue weighted by molar-refractivity contribution is 0.208. The normalized spacial score (nSPS) is 13.0. The third kappa shape index (κ3) is 3.03. The Morgan fingerprint density at radius 2 is 2.19 bits per heavy atom. The molecule has 16 heavy (non-hydrogen) atoms. The predicted octanol–water partition coefficient (Wildman–Crippen LogP) is 0.0213. The van der Waals surface area contributed by atoms with Crippen molar-refractivity contribution >= 4 is 10.0 Å². The van der Waals surface area contributed by atoms with E-state index in [-0.39, 0.29) is 11.6 Å². The van der Waals surface area contributed by atoms with Crippen LogP contribution in [0.15, 0.2) is 11.2 Å². The van der Waals surface area contributed by atoms with E-state index in [0.29, 0.717) is 12.2 Å². The van der Waals surface area contributed by atoms with Gasteiger partial charge in [0.2, 0.25) is 0 Å². The van der Waals surface area contributed by atoms with Crippen LogP contribution in [0.5, 0.6) is 0 Å². The summed E-state index contributed by atoms with van der Waals surface area (Å²) in [5.74, 6) is 0.613. The second kappa shape index (κ2) is 4.52. The first kappa shape index (κ1) is 13.1. The van der Waals surface area contributed by atoms with Crippen molar-refractivity contribution in [1.82, 2.24) is 14.7 Å². The van der Waals surface area contributed by atoms with E-state index in [4.69, 9.17) is 5.11 Å². The Morgan fingerprint density at radius 3 is 2.62 bits per heavy atom. The Labute approximate surface area is 95.2 Å². The van der Waals surface area contributed by atoms with Gasteiger partial charge in [-0.3, -0.25) is 0 Å². The number of hydrogen-bond donors (Lipinski definition) is 3. The fraction of sp³-hybridized carbons (Fsp3) is 0.667. The van der Waals surface area contributed by atoms with Gasteiger partial charge in [-0.2, -0.15) is 0 Å². The summed E-state index contributed by atoms with van der Waals surface area (Å²) in [5.41, 5.74) is -0.893. The van der Waals surface area contributed by atoms with E-state index < -0.39 is 15.6 Å². The highest BCUT2D eigenvalue weighted by atomic mass is 32.2. The van der Waals surface area contributed by atoms with Crippen LogP contribution in [0.2, 0.25) is 0 Å². The van der Waals surface area contributed by atoms with Crippen molar-refractivity contribution in [1.29, 1.82) is 0 Å². The molecule has 0 spiro atoms. The average Bonchev–Trinajstić information content (AvgIpc) is 2.65. The molecule has 0 aliphatic carbocycles. The van der Waals surface area contributed by atoms with E-state index in [2.05, 4.69) is 14.7 Å². The minimum Gasteiger partial charge on any atom is -0.394 e. The molecule has 0 unspecified atom stereocenters. The molecule has 0 aromatic carbocycles. The molecule has 0 amide bonds. The van der Waals surface area contributed by atoms with Gasteiger partial charge in [-0.1, -0.05) is 6.92 Å². The van der Waals surface area contributed by atoms with Crippen molar-refractivity contribution in [2.24, 2.45) is 0 Å². The molecule has 0 saturated carbocycles. The van der Waals surface area contributed by atoms with Crippen LogP contribution < -0.4 is 4.72 Å². The summed E-state index contributed by atoms with van der Waals surface area (Å²) in [7, 11) is -3.65. The molecule has 0 atom stereocenters. The highest BCUT2D eigenvalue weighted by Gasteiger charge is 2.26. The Bertz CT molecular complexity index is 450. The minimum atomic E-state index is -3.65. The van der Waals surface area contributed by atoms with Crippen molar-refractivity contribution in [2.45, 2.75) is 37.8 Å². The van der Waals surface area contributed by atoms with Crippen molar-refractivity contribution in [3.05, 3.63) is 12.0 Å². The maximum absolute atomic E-state index is 11.8. The van der Waals surface area contributed by atoms with Crippen LogP contribution in [-0.4, -0.2) is 35.6 Å². The summed E-state index contributed by atoms with van der Waals surface area (Å²) in [5, 5.41) is 9.02. The fourth-order valence-electron chi connectivity index (χ4n) is 1.11. The van der Waals surface area contributed by atoms with Gasteiger partial charge in [-0.25, -0.2) is 18.1 Å². The number of aromatic nitrogens is 2. The number of imidazole rings is 1. The lowest BCUT2D eigenvalue weighted by Crippen LogP contribution is -2.46. The number of aromatic amines is 1. The number of aliphatic hydroxyl groups excluding tert-OH is 1. The minimum absolute atomic E-state index is 0.0193. The Morgan fingerprint density at radius 1 is 1.56 bits per heavy atom. The van der Waals surface area contributed by atoms with Crippen LogP contribution in [0.1, 0.15) is 26.6 Å². The van der Waals surface area contributed by atoms with E-state index in [0.717, 1.165) is 0 Å². The number of hydrogen-bond acceptors (Lipinski definition) is 4. The number of aliphatic hydroxyl groups is 1. The smallest absolute Gasteiger partial charge is 0.258 e. The van der Waals surface area contributed by atoms with Gasteiger partial charge in [0.05, 0.1) is 18.3 Å². The molecule has 3 N–H and O–H groups in total. The van der Waals surface area contributed by atoms with Gasteiger partial charge in [0.1, 0.15) is 5.82 Å². The maximum atomic E-state index is 11.8. The first-order chi connectivity index (χ1) is 7.30. The first-order valence-corrected chi connectivity index (χ1v) is 6.48. The Kier molecular flexibility index (Phi) is 3.72. The molecule has 0 fully saturated rings. The van der Waals surface area contributed by atoms with Crippen molar-refractivity contribution in [3.8, 4) is 0 Å². The average molecular weight is 247 g/mol. The van der Waals surface area contributed by atoms with Gasteiger partial charge in [0, 0.05) is 6.42 Å². The molecule has 92 valence electrons. The number of H-pyrrole nitrogens is 1. The summed E-state index contributed by atoms with van der Waals surface area (Å²) < 4.78 is 26.1. The van der Waals surface area contributed by atoms with Crippen molar-refractivity contribution < 1.29 is 13.5 Å². The van der Waals surface area contributed by atoms with Crippen molar-refractivity contribution in [2.75, 3.05) is 6.61 Å². The van der Waals surface area contributed by atoms with Crippen LogP contribution in [-0.2, 0) is 16.4 Å². The van der Waals surface area contributed by atoms with E-state index >= 15 is 0 Å². The van der Waals surface area contributed by atoms with Crippen molar-refractivity contribution in [3.63, 3.8) is 0 Å². The molecular formula is C9H17N3O3S. The van der Waals surface area contributed by atoms with Gasteiger partial charge in [-0.15, -0.1) is 0 Å². The zero-order chi connectivity index (χ0) is 12.4. The zero-order valence-electron chi connectivity index (χ0n) is 9.61. The summed E-state index contributed by atoms with van der Waals surface area (Å²) >= 11 is 0. The lowest BCUT2D eigenvalue weighted by Gasteiger charge is -2.22. The topological polar surface area (TPSA) is 95.1 Å². The standard InChI is InChI=1S/C9H17N3O3S/c1-4-7-10-5-8(11-7)16(14,15)12-9(2,3)6-13/h5,12-13H,4,6H2,1-3H3,(H,10,11). The summed E-state index contributed by atoms with van der Waals surface area (Å²) in [6, 6.07) is 0. The highest BCUT2D eigenvalue weighted by Crippen LogP contribution is 2.10. The molecule has 0 radical (unpaired) electrons. The Hall–Kier alpha value is -0.920. The predicted molar refractivity (Wildman–Crippen MR) is 59.5 cm³/mol. The Balaban J connectivity index is 2.94. The third-order valence-electron chi connectivity index (χ3n) is 2.04. The quantitative estimate of drug-likeness (QED) is 0.683. The van der Waals surface area contributed by atoms with Crippen LogP contribution >= 0.6 is 0 Å². The number of sulfonamides is 1. The van der Waals surface area contributed by atoms with E-state index in [1.165, 1.54) is 6.20 Å². The number of rotatable bonds is 5. The van der Waals surface area contributed by atoms with Gasteiger partial charge in [-0.05, 0) is 13.8 Å². The molecule has 7 heteroatoms. The lowest BCUT2D eigenvalue weighted by atomic mass is 10.1. The highest BCUT2D eigenvalue weighted by molar-refractivity contribution is 7.89. The van der Waals surface area contributed by atoms with Crippen LogP contribution in [0.25, 0.3) is 0 Å². The SMILES string of the molecule is CCc1ncc(S(=O)(=O)NC(C)(C)CO)[nH]1. The summed E-state index contributed by atoms with van der Waals surface area (Å²) in [6.45, 7) is 4.80. The third-order valence-corrected chi connectivity index (χ3v) is 3.64. The number of nitrogens with zero attached hydrogens (tertiary/aromatic N) is 1. The largest absolute Gasteiger partial charge is 0.394 e. The maximum Gasteiger partial charge on any atom is 0.258 e. The molecule has 1 rings (SSSR count).